The van der Waals surface area contributed by atoms with E-state index in [1.54, 1.807) is 25.7 Å². The van der Waals surface area contributed by atoms with Gasteiger partial charge in [0.05, 0.1) is 40.0 Å². The summed E-state index contributed by atoms with van der Waals surface area (Å²) in [6.07, 6.45) is -2.73. The van der Waals surface area contributed by atoms with Gasteiger partial charge in [0.1, 0.15) is 5.60 Å². The molecule has 2 aromatic carbocycles. The number of sulfone groups is 1. The van der Waals surface area contributed by atoms with Crippen molar-refractivity contribution in [3.8, 4) is 0 Å². The first-order chi connectivity index (χ1) is 21.4. The minimum absolute atomic E-state index is 0.0213. The Morgan fingerprint density at radius 3 is 2.48 bits per heavy atom. The van der Waals surface area contributed by atoms with Gasteiger partial charge in [0.25, 0.3) is 5.56 Å². The van der Waals surface area contributed by atoms with Gasteiger partial charge in [0.2, 0.25) is 0 Å². The number of carbonyl (C=O) groups excluding carboxylic acids is 1. The maximum Gasteiger partial charge on any atom is 0.416 e. The molecular weight excluding hydrogens is 713 g/mol. The summed E-state index contributed by atoms with van der Waals surface area (Å²) in [5.74, 6) is -0.188. The van der Waals surface area contributed by atoms with Gasteiger partial charge in [-0.2, -0.15) is 13.2 Å². The lowest BCUT2D eigenvalue weighted by Crippen LogP contribution is -2.51. The summed E-state index contributed by atoms with van der Waals surface area (Å²) in [7, 11) is -3.68. The Morgan fingerprint density at radius 2 is 1.87 bits per heavy atom. The molecule has 0 bridgehead atoms. The van der Waals surface area contributed by atoms with Crippen LogP contribution in [0.25, 0.3) is 10.9 Å². The number of rotatable bonds is 8. The van der Waals surface area contributed by atoms with Crippen LogP contribution in [0.1, 0.15) is 64.2 Å². The average molecular weight is 750 g/mol. The van der Waals surface area contributed by atoms with Crippen LogP contribution in [0.4, 0.5) is 18.0 Å². The number of hydrogen-bond acceptors (Lipinski definition) is 7. The van der Waals surface area contributed by atoms with Crippen LogP contribution in [0.5, 0.6) is 0 Å². The summed E-state index contributed by atoms with van der Waals surface area (Å²) < 4.78 is 75.7. The van der Waals surface area contributed by atoms with Gasteiger partial charge >= 0.3 is 12.3 Å². The van der Waals surface area contributed by atoms with E-state index in [1.165, 1.54) is 31.5 Å². The van der Waals surface area contributed by atoms with Gasteiger partial charge in [0, 0.05) is 35.2 Å². The Bertz CT molecular complexity index is 1790. The Balaban J connectivity index is 1.72. The fraction of sp³-hybridized carbons (Fsp3) is 0.516. The maximum atomic E-state index is 14.6. The molecule has 1 unspecified atom stereocenters. The van der Waals surface area contributed by atoms with E-state index in [9.17, 15) is 31.2 Å². The minimum Gasteiger partial charge on any atom is -0.444 e. The van der Waals surface area contributed by atoms with E-state index in [1.807, 2.05) is 11.8 Å². The molecule has 1 saturated heterocycles. The molecule has 1 fully saturated rings. The van der Waals surface area contributed by atoms with Crippen molar-refractivity contribution in [1.82, 2.24) is 19.4 Å². The van der Waals surface area contributed by atoms with E-state index < -0.39 is 38.8 Å². The summed E-state index contributed by atoms with van der Waals surface area (Å²) in [5, 5.41) is -0.0299. The number of benzene rings is 2. The van der Waals surface area contributed by atoms with Gasteiger partial charge in [-0.1, -0.05) is 18.5 Å². The second kappa shape index (κ2) is 13.8. The fourth-order valence-corrected chi connectivity index (χ4v) is 7.61. The van der Waals surface area contributed by atoms with Crippen molar-refractivity contribution in [2.24, 2.45) is 0 Å². The lowest BCUT2D eigenvalue weighted by Gasteiger charge is -2.39. The topological polar surface area (TPSA) is 102 Å². The van der Waals surface area contributed by atoms with Gasteiger partial charge in [-0.25, -0.2) is 18.2 Å². The molecule has 46 heavy (non-hydrogen) atoms. The predicted molar refractivity (Wildman–Crippen MR) is 174 cm³/mol. The number of likely N-dealkylation sites (N-methyl/N-ethyl adjacent to an activating group) is 1. The van der Waals surface area contributed by atoms with Crippen LogP contribution in [0, 0.1) is 0 Å². The summed E-state index contributed by atoms with van der Waals surface area (Å²) in [6.45, 7) is 9.52. The highest BCUT2D eigenvalue weighted by atomic mass is 79.9. The first-order valence-corrected chi connectivity index (χ1v) is 17.7. The highest BCUT2D eigenvalue weighted by molar-refractivity contribution is 9.10. The first-order valence-electron chi connectivity index (χ1n) is 14.9. The number of likely N-dealkylation sites (tertiary alicyclic amines) is 1. The molecule has 2 heterocycles. The van der Waals surface area contributed by atoms with Crippen molar-refractivity contribution in [2.45, 2.75) is 83.3 Å². The Hall–Kier alpha value is -2.68. The number of carbonyl (C=O) groups is 1. The second-order valence-electron chi connectivity index (χ2n) is 12.2. The number of amides is 1. The van der Waals surface area contributed by atoms with E-state index in [0.717, 1.165) is 10.6 Å². The van der Waals surface area contributed by atoms with Gasteiger partial charge < -0.3 is 9.64 Å². The molecule has 4 rings (SSSR count). The largest absolute Gasteiger partial charge is 0.444 e. The first kappa shape index (κ1) is 36.2. The molecular formula is C31H37BrClF3N4O5S. The Morgan fingerprint density at radius 1 is 1.17 bits per heavy atom. The highest BCUT2D eigenvalue weighted by Crippen LogP contribution is 2.39. The molecule has 252 valence electrons. The summed E-state index contributed by atoms with van der Waals surface area (Å²) in [5.41, 5.74) is -2.24. The third kappa shape index (κ3) is 8.06. The van der Waals surface area contributed by atoms with Crippen molar-refractivity contribution in [3.05, 3.63) is 67.1 Å². The molecule has 0 N–H and O–H groups in total. The third-order valence-electron chi connectivity index (χ3n) is 7.81. The van der Waals surface area contributed by atoms with Crippen molar-refractivity contribution >= 4 is 54.4 Å². The number of aromatic nitrogens is 2. The van der Waals surface area contributed by atoms with E-state index in [-0.39, 0.29) is 61.3 Å². The number of fused-ring (bicyclic) bond motifs is 1. The zero-order chi connectivity index (χ0) is 34.2. The number of hydrogen-bond donors (Lipinski definition) is 0. The van der Waals surface area contributed by atoms with Crippen LogP contribution in [0.3, 0.4) is 0 Å². The molecule has 0 saturated carbocycles. The lowest BCUT2D eigenvalue weighted by molar-refractivity contribution is -0.138. The maximum absolute atomic E-state index is 14.6. The van der Waals surface area contributed by atoms with Gasteiger partial charge in [-0.3, -0.25) is 14.3 Å². The van der Waals surface area contributed by atoms with Crippen molar-refractivity contribution in [3.63, 3.8) is 0 Å². The number of nitrogens with zero attached hydrogens (tertiary/aromatic N) is 4. The summed E-state index contributed by atoms with van der Waals surface area (Å²) in [4.78, 5) is 34.2. The van der Waals surface area contributed by atoms with Crippen molar-refractivity contribution in [1.29, 1.82) is 0 Å². The Kier molecular flexibility index (Phi) is 10.9. The van der Waals surface area contributed by atoms with Gasteiger partial charge in [0.15, 0.2) is 9.84 Å². The smallest absolute Gasteiger partial charge is 0.416 e. The fourth-order valence-electron chi connectivity index (χ4n) is 5.65. The van der Waals surface area contributed by atoms with Crippen LogP contribution >= 0.6 is 27.5 Å². The minimum atomic E-state index is -4.80. The highest BCUT2D eigenvalue weighted by Gasteiger charge is 2.37. The monoisotopic (exact) mass is 748 g/mol. The van der Waals surface area contributed by atoms with Crippen LogP contribution in [-0.2, 0) is 33.8 Å². The quantitative estimate of drug-likeness (QED) is 0.247. The van der Waals surface area contributed by atoms with E-state index in [0.29, 0.717) is 32.5 Å². The zero-order valence-corrected chi connectivity index (χ0v) is 29.4. The number of halogens is 5. The van der Waals surface area contributed by atoms with Crippen LogP contribution in [-0.4, -0.2) is 70.9 Å². The molecule has 0 aliphatic carbocycles. The molecule has 0 spiro atoms. The van der Waals surface area contributed by atoms with Crippen LogP contribution < -0.4 is 5.56 Å². The standard InChI is InChI=1S/C31H37BrClF3N4O5S/c1-6-40(29(42)45-30(3,4)5)21-9-8-12-38(16-21)17-23-24(31(34,35)36)14-22-27(26(23)32)37-18-39(28(22)41)15-19-13-20(33)10-11-25(19)46(43,44)7-2/h10-11,13-14,18,21H,6-9,12,15-17H2,1-5H3. The van der Waals surface area contributed by atoms with Gasteiger partial charge in [-0.15, -0.1) is 0 Å². The molecule has 1 atom stereocenters. The molecule has 9 nitrogen and oxygen atoms in total. The average Bonchev–Trinajstić information content (AvgIpc) is 2.95. The van der Waals surface area contributed by atoms with E-state index in [4.69, 9.17) is 16.3 Å². The summed E-state index contributed by atoms with van der Waals surface area (Å²) >= 11 is 9.45. The van der Waals surface area contributed by atoms with Crippen molar-refractivity contribution < 1.29 is 31.1 Å². The molecule has 1 aliphatic rings. The lowest BCUT2D eigenvalue weighted by atomic mass is 10.00. The summed E-state index contributed by atoms with van der Waals surface area (Å²) in [6, 6.07) is 4.74. The molecule has 3 aromatic rings. The zero-order valence-electron chi connectivity index (χ0n) is 26.2. The third-order valence-corrected chi connectivity index (χ3v) is 10.7. The second-order valence-corrected chi connectivity index (χ2v) is 15.7. The number of piperidine rings is 1. The normalized spacial score (nSPS) is 16.5. The van der Waals surface area contributed by atoms with Crippen molar-refractivity contribution in [2.75, 3.05) is 25.4 Å². The van der Waals surface area contributed by atoms with E-state index in [2.05, 4.69) is 20.9 Å². The Labute approximate surface area is 279 Å². The molecule has 1 aromatic heterocycles. The molecule has 1 amide bonds. The molecule has 0 radical (unpaired) electrons. The SMILES string of the molecule is CCN(C(=O)OC(C)(C)C)C1CCCN(Cc2c(C(F)(F)F)cc3c(=O)n(Cc4cc(Cl)ccc4S(=O)(=O)CC)cnc3c2Br)C1. The predicted octanol–water partition coefficient (Wildman–Crippen LogP) is 6.89. The van der Waals surface area contributed by atoms with Gasteiger partial charge in [-0.05, 0) is 98.4 Å². The number of alkyl halides is 3. The van der Waals surface area contributed by atoms with Crippen LogP contribution in [0.15, 0.2) is 44.8 Å². The van der Waals surface area contributed by atoms with Crippen LogP contribution in [0.2, 0.25) is 5.02 Å². The number of ether oxygens (including phenoxy) is 1. The molecule has 1 aliphatic heterocycles. The van der Waals surface area contributed by atoms with E-state index >= 15 is 0 Å². The molecule has 15 heteroatoms.